The number of hydrogen-bond acceptors (Lipinski definition) is 0. The summed E-state index contributed by atoms with van der Waals surface area (Å²) in [7, 11) is 0. The molecule has 2 N–H and O–H groups in total. The molecule has 94 valence electrons. The van der Waals surface area contributed by atoms with Crippen LogP contribution in [0.4, 0.5) is 0 Å². The quantitative estimate of drug-likeness (QED) is 0.705. The average Bonchev–Trinajstić information content (AvgIpc) is 2.35. The molecule has 1 saturated heterocycles. The molecule has 1 heterocycles. The maximum absolute atomic E-state index is 2.36. The largest absolute Gasteiger partial charge is 0.326 e. The Kier molecular flexibility index (Phi) is 4.19. The van der Waals surface area contributed by atoms with E-state index in [0.29, 0.717) is 0 Å². The molecule has 0 aliphatic carbocycles. The molecule has 1 aliphatic heterocycles. The Morgan fingerprint density at radius 1 is 1.00 bits per heavy atom. The Hall–Kier alpha value is -0.860. The van der Waals surface area contributed by atoms with E-state index in [1.54, 1.807) is 15.4 Å². The number of hydrogen-bond donors (Lipinski definition) is 2. The fraction of sp³-hybridized carbons (Fsp3) is 0.600. The van der Waals surface area contributed by atoms with Crippen LogP contribution in [0.5, 0.6) is 0 Å². The third kappa shape index (κ3) is 3.30. The van der Waals surface area contributed by atoms with Crippen LogP contribution in [0, 0.1) is 13.8 Å². The van der Waals surface area contributed by atoms with E-state index in [2.05, 4.69) is 39.0 Å². The standard InChI is InChI=1S/C15H24N2/c1-4-16-7-9-17(10-8-16)12-15-11-13(2)5-6-14(15)3/h5-6,11H,4,7-10,12H2,1-3H3/p+2. The molecule has 0 atom stereocenters. The summed E-state index contributed by atoms with van der Waals surface area (Å²) in [4.78, 5) is 3.53. The molecule has 2 nitrogen and oxygen atoms in total. The van der Waals surface area contributed by atoms with E-state index in [0.717, 1.165) is 0 Å². The van der Waals surface area contributed by atoms with Crippen LogP contribution in [0.1, 0.15) is 23.6 Å². The van der Waals surface area contributed by atoms with Gasteiger partial charge in [0.05, 0.1) is 6.54 Å². The normalized spacial score (nSPS) is 24.9. The molecule has 0 amide bonds. The van der Waals surface area contributed by atoms with Crippen molar-refractivity contribution in [2.75, 3.05) is 32.7 Å². The van der Waals surface area contributed by atoms with Crippen LogP contribution in [0.15, 0.2) is 18.2 Å². The van der Waals surface area contributed by atoms with E-state index >= 15 is 0 Å². The molecule has 1 aromatic rings. The minimum absolute atomic E-state index is 1.21. The van der Waals surface area contributed by atoms with Gasteiger partial charge >= 0.3 is 0 Å². The molecule has 17 heavy (non-hydrogen) atoms. The number of rotatable bonds is 3. The third-order valence-electron chi connectivity index (χ3n) is 4.11. The summed E-state index contributed by atoms with van der Waals surface area (Å²) in [6, 6.07) is 6.84. The monoisotopic (exact) mass is 234 g/mol. The lowest BCUT2D eigenvalue weighted by Gasteiger charge is -2.29. The first-order valence-electron chi connectivity index (χ1n) is 6.92. The van der Waals surface area contributed by atoms with Crippen molar-refractivity contribution < 1.29 is 9.80 Å². The maximum Gasteiger partial charge on any atom is 0.127 e. The summed E-state index contributed by atoms with van der Waals surface area (Å²) in [5.74, 6) is 0. The van der Waals surface area contributed by atoms with Crippen LogP contribution in [0.25, 0.3) is 0 Å². The van der Waals surface area contributed by atoms with E-state index in [9.17, 15) is 0 Å². The van der Waals surface area contributed by atoms with Gasteiger partial charge in [0.25, 0.3) is 0 Å². The van der Waals surface area contributed by atoms with Crippen LogP contribution in [0.2, 0.25) is 0 Å². The first-order chi connectivity index (χ1) is 8.19. The van der Waals surface area contributed by atoms with Gasteiger partial charge in [-0.05, 0) is 26.3 Å². The summed E-state index contributed by atoms with van der Waals surface area (Å²) in [5.41, 5.74) is 4.39. The SMILES string of the molecule is CC[NH+]1CC[NH+](Cc2cc(C)ccc2C)CC1. The number of aryl methyl sites for hydroxylation is 2. The van der Waals surface area contributed by atoms with Crippen LogP contribution >= 0.6 is 0 Å². The van der Waals surface area contributed by atoms with E-state index in [-0.39, 0.29) is 0 Å². The van der Waals surface area contributed by atoms with Crippen molar-refractivity contribution in [3.05, 3.63) is 34.9 Å². The minimum Gasteiger partial charge on any atom is -0.326 e. The smallest absolute Gasteiger partial charge is 0.127 e. The first kappa shape index (κ1) is 12.6. The van der Waals surface area contributed by atoms with Gasteiger partial charge in [0.15, 0.2) is 0 Å². The number of quaternary nitrogens is 2. The predicted octanol–water partition coefficient (Wildman–Crippen LogP) is -0.393. The van der Waals surface area contributed by atoms with Crippen molar-refractivity contribution >= 4 is 0 Å². The van der Waals surface area contributed by atoms with Gasteiger partial charge < -0.3 is 9.80 Å². The second-order valence-corrected chi connectivity index (χ2v) is 5.46. The van der Waals surface area contributed by atoms with Gasteiger partial charge in [0, 0.05) is 5.56 Å². The zero-order valence-corrected chi connectivity index (χ0v) is 11.5. The lowest BCUT2D eigenvalue weighted by Crippen LogP contribution is -3.27. The molecule has 2 rings (SSSR count). The molecule has 1 aliphatic rings. The fourth-order valence-corrected chi connectivity index (χ4v) is 2.75. The second kappa shape index (κ2) is 5.65. The van der Waals surface area contributed by atoms with Gasteiger partial charge in [0.2, 0.25) is 0 Å². The van der Waals surface area contributed by atoms with Gasteiger partial charge in [-0.1, -0.05) is 23.8 Å². The van der Waals surface area contributed by atoms with Crippen molar-refractivity contribution in [1.29, 1.82) is 0 Å². The Morgan fingerprint density at radius 2 is 1.65 bits per heavy atom. The van der Waals surface area contributed by atoms with Crippen molar-refractivity contribution in [3.63, 3.8) is 0 Å². The van der Waals surface area contributed by atoms with E-state index < -0.39 is 0 Å². The molecule has 1 fully saturated rings. The third-order valence-corrected chi connectivity index (χ3v) is 4.11. The highest BCUT2D eigenvalue weighted by atomic mass is 15.3. The molecule has 0 spiro atoms. The minimum atomic E-state index is 1.21. The molecule has 0 aromatic heterocycles. The molecular formula is C15H26N2+2. The highest BCUT2D eigenvalue weighted by Crippen LogP contribution is 2.09. The Morgan fingerprint density at radius 3 is 2.29 bits per heavy atom. The van der Waals surface area contributed by atoms with E-state index in [1.165, 1.54) is 50.4 Å². The number of nitrogens with one attached hydrogen (secondary N) is 2. The lowest BCUT2D eigenvalue weighted by atomic mass is 10.0. The number of piperazine rings is 1. The van der Waals surface area contributed by atoms with Crippen molar-refractivity contribution in [2.45, 2.75) is 27.3 Å². The lowest BCUT2D eigenvalue weighted by molar-refractivity contribution is -1.02. The number of likely N-dealkylation sites (N-methyl/N-ethyl adjacent to an activating group) is 1. The predicted molar refractivity (Wildman–Crippen MR) is 71.6 cm³/mol. The van der Waals surface area contributed by atoms with Gasteiger partial charge in [-0.3, -0.25) is 0 Å². The van der Waals surface area contributed by atoms with Crippen LogP contribution in [-0.2, 0) is 6.54 Å². The highest BCUT2D eigenvalue weighted by molar-refractivity contribution is 5.29. The molecular weight excluding hydrogens is 208 g/mol. The Balaban J connectivity index is 1.95. The molecule has 0 saturated carbocycles. The van der Waals surface area contributed by atoms with Gasteiger partial charge in [0.1, 0.15) is 32.7 Å². The Bertz CT molecular complexity index is 365. The zero-order valence-electron chi connectivity index (χ0n) is 11.5. The molecule has 0 unspecified atom stereocenters. The summed E-state index contributed by atoms with van der Waals surface area (Å²) < 4.78 is 0. The maximum atomic E-state index is 2.36. The van der Waals surface area contributed by atoms with E-state index in [4.69, 9.17) is 0 Å². The van der Waals surface area contributed by atoms with Crippen LogP contribution in [-0.4, -0.2) is 32.7 Å². The first-order valence-corrected chi connectivity index (χ1v) is 6.92. The van der Waals surface area contributed by atoms with Crippen molar-refractivity contribution in [3.8, 4) is 0 Å². The summed E-state index contributed by atoms with van der Waals surface area (Å²) in [6.07, 6.45) is 0. The molecule has 1 aromatic carbocycles. The Labute approximate surface area is 105 Å². The molecule has 0 radical (unpaired) electrons. The van der Waals surface area contributed by atoms with Crippen molar-refractivity contribution in [2.24, 2.45) is 0 Å². The summed E-state index contributed by atoms with van der Waals surface area (Å²) in [6.45, 7) is 14.6. The highest BCUT2D eigenvalue weighted by Gasteiger charge is 2.21. The average molecular weight is 234 g/mol. The van der Waals surface area contributed by atoms with Gasteiger partial charge in [-0.15, -0.1) is 0 Å². The topological polar surface area (TPSA) is 8.88 Å². The van der Waals surface area contributed by atoms with Crippen molar-refractivity contribution in [1.82, 2.24) is 0 Å². The zero-order chi connectivity index (χ0) is 12.3. The molecule has 0 bridgehead atoms. The second-order valence-electron chi connectivity index (χ2n) is 5.46. The van der Waals surface area contributed by atoms with Gasteiger partial charge in [-0.25, -0.2) is 0 Å². The fourth-order valence-electron chi connectivity index (χ4n) is 2.75. The summed E-state index contributed by atoms with van der Waals surface area (Å²) >= 11 is 0. The summed E-state index contributed by atoms with van der Waals surface area (Å²) in [5, 5.41) is 0. The molecule has 2 heteroatoms. The van der Waals surface area contributed by atoms with E-state index in [1.807, 2.05) is 0 Å². The number of benzene rings is 1. The van der Waals surface area contributed by atoms with Gasteiger partial charge in [-0.2, -0.15) is 0 Å². The van der Waals surface area contributed by atoms with Crippen LogP contribution in [0.3, 0.4) is 0 Å². The van der Waals surface area contributed by atoms with Crippen LogP contribution < -0.4 is 9.80 Å².